The van der Waals surface area contributed by atoms with Gasteiger partial charge in [-0.05, 0) is 19.8 Å². The molecular formula is C13H26N2O2. The van der Waals surface area contributed by atoms with Crippen molar-refractivity contribution in [2.24, 2.45) is 0 Å². The first kappa shape index (κ1) is 14.5. The number of carbonyl (C=O) groups is 1. The summed E-state index contributed by atoms with van der Waals surface area (Å²) in [6.07, 6.45) is 3.42. The Balaban J connectivity index is 2.46. The molecule has 4 nitrogen and oxygen atoms in total. The second-order valence-corrected chi connectivity index (χ2v) is 4.84. The molecule has 0 saturated carbocycles. The highest BCUT2D eigenvalue weighted by Gasteiger charge is 2.23. The monoisotopic (exact) mass is 242 g/mol. The fourth-order valence-corrected chi connectivity index (χ4v) is 2.36. The normalized spacial score (nSPS) is 20.4. The van der Waals surface area contributed by atoms with E-state index < -0.39 is 0 Å². The first-order valence-electron chi connectivity index (χ1n) is 6.69. The smallest absolute Gasteiger partial charge is 0.236 e. The average molecular weight is 242 g/mol. The molecule has 1 saturated heterocycles. The Morgan fingerprint density at radius 1 is 1.41 bits per heavy atom. The van der Waals surface area contributed by atoms with E-state index in [4.69, 9.17) is 4.74 Å². The second kappa shape index (κ2) is 7.67. The molecule has 0 N–H and O–H groups in total. The molecule has 0 aliphatic carbocycles. The van der Waals surface area contributed by atoms with Crippen molar-refractivity contribution < 1.29 is 9.53 Å². The third-order valence-corrected chi connectivity index (χ3v) is 3.46. The van der Waals surface area contributed by atoms with Crippen LogP contribution >= 0.6 is 0 Å². The van der Waals surface area contributed by atoms with Crippen molar-refractivity contribution in [3.05, 3.63) is 0 Å². The highest BCUT2D eigenvalue weighted by molar-refractivity contribution is 5.78. The molecule has 0 aromatic carbocycles. The zero-order chi connectivity index (χ0) is 12.7. The maximum atomic E-state index is 12.1. The number of hydrogen-bond donors (Lipinski definition) is 0. The highest BCUT2D eigenvalue weighted by Crippen LogP contribution is 2.11. The van der Waals surface area contributed by atoms with Crippen LogP contribution in [0.25, 0.3) is 0 Å². The minimum atomic E-state index is 0.252. The van der Waals surface area contributed by atoms with Gasteiger partial charge in [0.05, 0.1) is 13.2 Å². The third kappa shape index (κ3) is 4.64. The zero-order valence-electron chi connectivity index (χ0n) is 11.4. The Morgan fingerprint density at radius 3 is 2.82 bits per heavy atom. The Morgan fingerprint density at radius 2 is 2.18 bits per heavy atom. The van der Waals surface area contributed by atoms with Gasteiger partial charge in [-0.15, -0.1) is 0 Å². The summed E-state index contributed by atoms with van der Waals surface area (Å²) in [5.74, 6) is 0.252. The van der Waals surface area contributed by atoms with Crippen LogP contribution < -0.4 is 0 Å². The number of nitrogens with zero attached hydrogens (tertiary/aromatic N) is 2. The average Bonchev–Trinajstić information content (AvgIpc) is 2.49. The fraction of sp³-hybridized carbons (Fsp3) is 0.923. The lowest BCUT2D eigenvalue weighted by molar-refractivity contribution is -0.132. The van der Waals surface area contributed by atoms with Crippen LogP contribution in [-0.4, -0.2) is 61.6 Å². The minimum Gasteiger partial charge on any atom is -0.383 e. The number of rotatable bonds is 6. The fourth-order valence-electron chi connectivity index (χ4n) is 2.36. The predicted octanol–water partition coefficient (Wildman–Crippen LogP) is 1.36. The van der Waals surface area contributed by atoms with Crippen molar-refractivity contribution >= 4 is 5.91 Å². The molecule has 1 aliphatic heterocycles. The summed E-state index contributed by atoms with van der Waals surface area (Å²) in [5.41, 5.74) is 0. The molecule has 1 amide bonds. The van der Waals surface area contributed by atoms with Crippen LogP contribution in [0.1, 0.15) is 33.1 Å². The highest BCUT2D eigenvalue weighted by atomic mass is 16.5. The van der Waals surface area contributed by atoms with E-state index >= 15 is 0 Å². The van der Waals surface area contributed by atoms with Crippen LogP contribution in [0, 0.1) is 0 Å². The first-order valence-corrected chi connectivity index (χ1v) is 6.69. The van der Waals surface area contributed by atoms with Gasteiger partial charge in [0, 0.05) is 32.8 Å². The van der Waals surface area contributed by atoms with E-state index in [0.29, 0.717) is 19.2 Å². The molecule has 0 radical (unpaired) electrons. The quantitative estimate of drug-likeness (QED) is 0.705. The molecule has 1 rings (SSSR count). The minimum absolute atomic E-state index is 0.252. The molecule has 17 heavy (non-hydrogen) atoms. The summed E-state index contributed by atoms with van der Waals surface area (Å²) >= 11 is 0. The van der Waals surface area contributed by atoms with Crippen molar-refractivity contribution in [2.75, 3.05) is 39.9 Å². The molecule has 100 valence electrons. The van der Waals surface area contributed by atoms with E-state index in [1.165, 1.54) is 12.8 Å². The number of hydrogen-bond acceptors (Lipinski definition) is 3. The molecule has 0 unspecified atom stereocenters. The number of amides is 1. The van der Waals surface area contributed by atoms with E-state index in [1.54, 1.807) is 7.11 Å². The molecule has 4 heteroatoms. The van der Waals surface area contributed by atoms with Gasteiger partial charge in [0.2, 0.25) is 5.91 Å². The van der Waals surface area contributed by atoms with Gasteiger partial charge in [0.1, 0.15) is 0 Å². The lowest BCUT2D eigenvalue weighted by Gasteiger charge is -2.26. The number of ether oxygens (including phenoxy) is 1. The largest absolute Gasteiger partial charge is 0.383 e. The van der Waals surface area contributed by atoms with Gasteiger partial charge in [-0.3, -0.25) is 9.69 Å². The molecule has 1 heterocycles. The summed E-state index contributed by atoms with van der Waals surface area (Å²) in [7, 11) is 1.68. The van der Waals surface area contributed by atoms with Crippen molar-refractivity contribution in [1.29, 1.82) is 0 Å². The summed E-state index contributed by atoms with van der Waals surface area (Å²) in [6.45, 7) is 8.27. The van der Waals surface area contributed by atoms with E-state index in [2.05, 4.69) is 18.7 Å². The third-order valence-electron chi connectivity index (χ3n) is 3.46. The Bertz CT molecular complexity index is 233. The maximum absolute atomic E-state index is 12.1. The topological polar surface area (TPSA) is 32.8 Å². The number of methoxy groups -OCH3 is 1. The van der Waals surface area contributed by atoms with E-state index in [0.717, 1.165) is 26.1 Å². The van der Waals surface area contributed by atoms with Gasteiger partial charge in [0.25, 0.3) is 0 Å². The van der Waals surface area contributed by atoms with Crippen molar-refractivity contribution in [3.63, 3.8) is 0 Å². The summed E-state index contributed by atoms with van der Waals surface area (Å²) in [6, 6.07) is 0.520. The van der Waals surface area contributed by atoms with Gasteiger partial charge in [-0.25, -0.2) is 0 Å². The van der Waals surface area contributed by atoms with Crippen molar-refractivity contribution in [2.45, 2.75) is 39.2 Å². The molecule has 0 aromatic rings. The second-order valence-electron chi connectivity index (χ2n) is 4.84. The van der Waals surface area contributed by atoms with Gasteiger partial charge < -0.3 is 9.64 Å². The van der Waals surface area contributed by atoms with Crippen molar-refractivity contribution in [3.8, 4) is 0 Å². The summed E-state index contributed by atoms with van der Waals surface area (Å²) in [5, 5.41) is 0. The lowest BCUT2D eigenvalue weighted by Crippen LogP contribution is -2.41. The lowest BCUT2D eigenvalue weighted by atomic mass is 10.1. The van der Waals surface area contributed by atoms with Crippen LogP contribution in [0.5, 0.6) is 0 Å². The van der Waals surface area contributed by atoms with Gasteiger partial charge in [-0.1, -0.05) is 13.3 Å². The first-order chi connectivity index (χ1) is 8.19. The van der Waals surface area contributed by atoms with Gasteiger partial charge in [0.15, 0.2) is 0 Å². The van der Waals surface area contributed by atoms with Crippen LogP contribution in [0.3, 0.4) is 0 Å². The van der Waals surface area contributed by atoms with Crippen LogP contribution in [0.2, 0.25) is 0 Å². The van der Waals surface area contributed by atoms with Gasteiger partial charge >= 0.3 is 0 Å². The Hall–Kier alpha value is -0.610. The van der Waals surface area contributed by atoms with Crippen molar-refractivity contribution in [1.82, 2.24) is 9.80 Å². The van der Waals surface area contributed by atoms with E-state index in [-0.39, 0.29) is 5.91 Å². The molecular weight excluding hydrogens is 216 g/mol. The zero-order valence-corrected chi connectivity index (χ0v) is 11.4. The standard InChI is InChI=1S/C13H26N2O2/c1-4-6-12(2)15-8-5-7-14(9-10-17-3)13(16)11-15/h12H,4-11H2,1-3H3/t12-/m0/s1. The Labute approximate surface area is 105 Å². The predicted molar refractivity (Wildman–Crippen MR) is 69.0 cm³/mol. The molecule has 1 aliphatic rings. The maximum Gasteiger partial charge on any atom is 0.236 e. The van der Waals surface area contributed by atoms with Crippen LogP contribution in [-0.2, 0) is 9.53 Å². The molecule has 1 atom stereocenters. The summed E-state index contributed by atoms with van der Waals surface area (Å²) in [4.78, 5) is 16.3. The van der Waals surface area contributed by atoms with Crippen LogP contribution in [0.4, 0.5) is 0 Å². The summed E-state index contributed by atoms with van der Waals surface area (Å²) < 4.78 is 5.04. The molecule has 0 aromatic heterocycles. The van der Waals surface area contributed by atoms with E-state index in [9.17, 15) is 4.79 Å². The molecule has 0 bridgehead atoms. The van der Waals surface area contributed by atoms with Gasteiger partial charge in [-0.2, -0.15) is 0 Å². The van der Waals surface area contributed by atoms with E-state index in [1.807, 2.05) is 4.90 Å². The van der Waals surface area contributed by atoms with Crippen LogP contribution in [0.15, 0.2) is 0 Å². The SMILES string of the molecule is CCC[C@H](C)N1CCCN(CCOC)C(=O)C1. The molecule has 0 spiro atoms. The Kier molecular flexibility index (Phi) is 6.52. The molecule has 1 fully saturated rings. The number of carbonyl (C=O) groups excluding carboxylic acids is 1.